The summed E-state index contributed by atoms with van der Waals surface area (Å²) in [5.41, 5.74) is 2.22. The molecule has 1 amide bonds. The van der Waals surface area contributed by atoms with Gasteiger partial charge in [0.1, 0.15) is 11.5 Å². The number of piperazine rings is 1. The van der Waals surface area contributed by atoms with E-state index < -0.39 is 0 Å². The number of carbonyl (C=O) groups is 1. The van der Waals surface area contributed by atoms with Crippen molar-refractivity contribution in [2.45, 2.75) is 25.7 Å². The SMILES string of the molecule is Cc1ccc(-c2ccnc(-n3ncc(C(=O)N4CCN(CCO)CC4)c3C3CC3)n2)o1. The third kappa shape index (κ3) is 3.98. The Kier molecular flexibility index (Phi) is 5.29. The van der Waals surface area contributed by atoms with Crippen molar-refractivity contribution in [2.24, 2.45) is 0 Å². The molecule has 1 saturated heterocycles. The molecule has 1 N–H and O–H groups in total. The lowest BCUT2D eigenvalue weighted by atomic mass is 10.1. The minimum atomic E-state index is 0.00890. The van der Waals surface area contributed by atoms with E-state index in [2.05, 4.69) is 20.0 Å². The summed E-state index contributed by atoms with van der Waals surface area (Å²) in [6, 6.07) is 5.59. The van der Waals surface area contributed by atoms with Gasteiger partial charge in [-0.25, -0.2) is 14.6 Å². The largest absolute Gasteiger partial charge is 0.460 e. The van der Waals surface area contributed by atoms with Crippen molar-refractivity contribution in [1.29, 1.82) is 0 Å². The van der Waals surface area contributed by atoms with Crippen LogP contribution in [0, 0.1) is 6.92 Å². The van der Waals surface area contributed by atoms with Crippen LogP contribution >= 0.6 is 0 Å². The summed E-state index contributed by atoms with van der Waals surface area (Å²) < 4.78 is 7.41. The van der Waals surface area contributed by atoms with Crippen LogP contribution in [0.5, 0.6) is 0 Å². The average Bonchev–Trinajstić information content (AvgIpc) is 3.38. The fraction of sp³-hybridized carbons (Fsp3) is 0.455. The number of nitrogens with zero attached hydrogens (tertiary/aromatic N) is 6. The van der Waals surface area contributed by atoms with Crippen LogP contribution in [-0.2, 0) is 0 Å². The number of carbonyl (C=O) groups excluding carboxylic acids is 1. The smallest absolute Gasteiger partial charge is 0.257 e. The number of hydrogen-bond acceptors (Lipinski definition) is 7. The molecule has 2 aliphatic rings. The molecule has 0 bridgehead atoms. The van der Waals surface area contributed by atoms with E-state index in [0.717, 1.165) is 37.4 Å². The number of aromatic nitrogens is 4. The van der Waals surface area contributed by atoms with Crippen LogP contribution in [0.2, 0.25) is 0 Å². The molecule has 0 radical (unpaired) electrons. The second-order valence-electron chi connectivity index (χ2n) is 8.14. The number of aliphatic hydroxyl groups is 1. The standard InChI is InChI=1S/C22H26N6O3/c1-15-2-5-19(31-15)18-6-7-23-22(25-18)28-20(16-3-4-16)17(14-24-28)21(30)27-10-8-26(9-11-27)12-13-29/h2,5-7,14,16,29H,3-4,8-13H2,1H3. The Morgan fingerprint density at radius 2 is 2.00 bits per heavy atom. The zero-order valence-corrected chi connectivity index (χ0v) is 17.6. The van der Waals surface area contributed by atoms with Gasteiger partial charge in [0, 0.05) is 44.8 Å². The Hall–Kier alpha value is -3.04. The second kappa shape index (κ2) is 8.24. The summed E-state index contributed by atoms with van der Waals surface area (Å²) in [6.07, 6.45) is 5.42. The average molecular weight is 422 g/mol. The highest BCUT2D eigenvalue weighted by Gasteiger charge is 2.35. The normalized spacial score (nSPS) is 17.3. The van der Waals surface area contributed by atoms with Gasteiger partial charge in [0.05, 0.1) is 24.1 Å². The molecule has 9 heteroatoms. The molecule has 31 heavy (non-hydrogen) atoms. The lowest BCUT2D eigenvalue weighted by Gasteiger charge is -2.34. The van der Waals surface area contributed by atoms with E-state index >= 15 is 0 Å². The molecule has 1 aliphatic carbocycles. The first-order valence-electron chi connectivity index (χ1n) is 10.7. The van der Waals surface area contributed by atoms with Crippen molar-refractivity contribution in [3.63, 3.8) is 0 Å². The third-order valence-electron chi connectivity index (χ3n) is 5.90. The molecular formula is C22H26N6O3. The quantitative estimate of drug-likeness (QED) is 0.647. The Bertz CT molecular complexity index is 1080. The van der Waals surface area contributed by atoms with Crippen molar-refractivity contribution in [2.75, 3.05) is 39.3 Å². The lowest BCUT2D eigenvalue weighted by molar-refractivity contribution is 0.0614. The van der Waals surface area contributed by atoms with E-state index in [-0.39, 0.29) is 12.5 Å². The maximum absolute atomic E-state index is 13.3. The van der Waals surface area contributed by atoms with Gasteiger partial charge in [0.25, 0.3) is 11.9 Å². The maximum atomic E-state index is 13.3. The van der Waals surface area contributed by atoms with E-state index in [0.29, 0.717) is 48.5 Å². The van der Waals surface area contributed by atoms with Crippen LogP contribution < -0.4 is 0 Å². The molecule has 3 aromatic rings. The van der Waals surface area contributed by atoms with Crippen LogP contribution in [0.1, 0.15) is 40.6 Å². The zero-order valence-electron chi connectivity index (χ0n) is 17.6. The summed E-state index contributed by atoms with van der Waals surface area (Å²) >= 11 is 0. The molecule has 4 heterocycles. The summed E-state index contributed by atoms with van der Waals surface area (Å²) in [4.78, 5) is 26.4. The predicted octanol–water partition coefficient (Wildman–Crippen LogP) is 1.86. The molecule has 1 aliphatic heterocycles. The van der Waals surface area contributed by atoms with Crippen LogP contribution in [-0.4, -0.2) is 79.9 Å². The van der Waals surface area contributed by atoms with E-state index in [1.54, 1.807) is 23.1 Å². The van der Waals surface area contributed by atoms with Gasteiger partial charge in [0.15, 0.2) is 5.76 Å². The van der Waals surface area contributed by atoms with Crippen molar-refractivity contribution >= 4 is 5.91 Å². The minimum absolute atomic E-state index is 0.00890. The van der Waals surface area contributed by atoms with Crippen LogP contribution in [0.3, 0.4) is 0 Å². The van der Waals surface area contributed by atoms with E-state index in [1.165, 1.54) is 0 Å². The molecule has 0 atom stereocenters. The minimum Gasteiger partial charge on any atom is -0.460 e. The van der Waals surface area contributed by atoms with Crippen molar-refractivity contribution in [3.8, 4) is 17.4 Å². The number of aliphatic hydroxyl groups excluding tert-OH is 1. The summed E-state index contributed by atoms with van der Waals surface area (Å²) in [5, 5.41) is 13.6. The third-order valence-corrected chi connectivity index (χ3v) is 5.90. The van der Waals surface area contributed by atoms with Crippen LogP contribution in [0.4, 0.5) is 0 Å². The molecule has 2 fully saturated rings. The molecule has 3 aromatic heterocycles. The number of amides is 1. The van der Waals surface area contributed by atoms with Gasteiger partial charge < -0.3 is 14.4 Å². The first-order valence-corrected chi connectivity index (χ1v) is 10.7. The van der Waals surface area contributed by atoms with Crippen molar-refractivity contribution in [1.82, 2.24) is 29.5 Å². The highest BCUT2D eigenvalue weighted by Crippen LogP contribution is 2.42. The highest BCUT2D eigenvalue weighted by molar-refractivity contribution is 5.95. The number of rotatable bonds is 6. The molecule has 162 valence electrons. The molecule has 1 saturated carbocycles. The maximum Gasteiger partial charge on any atom is 0.257 e. The second-order valence-corrected chi connectivity index (χ2v) is 8.14. The Labute approximate surface area is 180 Å². The topological polar surface area (TPSA) is 101 Å². The predicted molar refractivity (Wildman–Crippen MR) is 113 cm³/mol. The van der Waals surface area contributed by atoms with Crippen molar-refractivity contribution < 1.29 is 14.3 Å². The molecule has 0 unspecified atom stereocenters. The molecular weight excluding hydrogens is 396 g/mol. The Morgan fingerprint density at radius 1 is 1.19 bits per heavy atom. The first kappa shape index (κ1) is 19.9. The highest BCUT2D eigenvalue weighted by atomic mass is 16.3. The molecule has 5 rings (SSSR count). The first-order chi connectivity index (χ1) is 15.1. The molecule has 0 aromatic carbocycles. The lowest BCUT2D eigenvalue weighted by Crippen LogP contribution is -2.49. The molecule has 9 nitrogen and oxygen atoms in total. The van der Waals surface area contributed by atoms with Gasteiger partial charge in [-0.15, -0.1) is 0 Å². The number of furan rings is 1. The number of hydrogen-bond donors (Lipinski definition) is 1. The fourth-order valence-corrected chi connectivity index (χ4v) is 4.08. The van der Waals surface area contributed by atoms with Gasteiger partial charge >= 0.3 is 0 Å². The monoisotopic (exact) mass is 422 g/mol. The molecule has 0 spiro atoms. The van der Waals surface area contributed by atoms with Gasteiger partial charge in [0.2, 0.25) is 0 Å². The fourth-order valence-electron chi connectivity index (χ4n) is 4.08. The van der Waals surface area contributed by atoms with E-state index in [1.807, 2.05) is 24.0 Å². The summed E-state index contributed by atoms with van der Waals surface area (Å²) in [7, 11) is 0. The van der Waals surface area contributed by atoms with E-state index in [9.17, 15) is 4.79 Å². The Morgan fingerprint density at radius 3 is 2.68 bits per heavy atom. The Balaban J connectivity index is 1.43. The summed E-state index contributed by atoms with van der Waals surface area (Å²) in [5.74, 6) is 2.25. The van der Waals surface area contributed by atoms with Gasteiger partial charge in [-0.1, -0.05) is 0 Å². The van der Waals surface area contributed by atoms with Crippen LogP contribution in [0.25, 0.3) is 17.4 Å². The van der Waals surface area contributed by atoms with E-state index in [4.69, 9.17) is 9.52 Å². The van der Waals surface area contributed by atoms with Gasteiger partial charge in [-0.05, 0) is 38.0 Å². The van der Waals surface area contributed by atoms with Gasteiger partial charge in [-0.2, -0.15) is 5.10 Å². The zero-order chi connectivity index (χ0) is 21.4. The van der Waals surface area contributed by atoms with Crippen molar-refractivity contribution in [3.05, 3.63) is 47.6 Å². The van der Waals surface area contributed by atoms with Crippen LogP contribution in [0.15, 0.2) is 35.0 Å². The summed E-state index contributed by atoms with van der Waals surface area (Å²) in [6.45, 7) is 5.53. The number of β-amino-alcohol motifs (C(OH)–C–C–N with tert-alkyl or cyclic N) is 1. The number of aryl methyl sites for hydroxylation is 1. The van der Waals surface area contributed by atoms with Gasteiger partial charge in [-0.3, -0.25) is 9.69 Å².